The Labute approximate surface area is 142 Å². The zero-order valence-corrected chi connectivity index (χ0v) is 13.7. The molecule has 2 heterocycles. The maximum absolute atomic E-state index is 12.4. The molecule has 0 atom stereocenters. The number of hydrogen-bond donors (Lipinski definition) is 1. The molecular formula is C17H15NO5S. The van der Waals surface area contributed by atoms with Crippen LogP contribution < -0.4 is 9.47 Å². The summed E-state index contributed by atoms with van der Waals surface area (Å²) < 4.78 is 10.6. The first-order valence-corrected chi connectivity index (χ1v) is 8.10. The maximum Gasteiger partial charge on any atom is 0.296 e. The van der Waals surface area contributed by atoms with Gasteiger partial charge >= 0.3 is 0 Å². The van der Waals surface area contributed by atoms with Crippen LogP contribution in [0.5, 0.6) is 11.5 Å². The molecule has 0 saturated carbocycles. The number of nitrogens with zero attached hydrogens (tertiary/aromatic N) is 1. The highest BCUT2D eigenvalue weighted by Gasteiger charge is 2.39. The van der Waals surface area contributed by atoms with Crippen LogP contribution in [-0.2, 0) is 9.59 Å². The van der Waals surface area contributed by atoms with E-state index in [-0.39, 0.29) is 18.7 Å². The summed E-state index contributed by atoms with van der Waals surface area (Å²) in [5.41, 5.74) is 0.0550. The molecule has 0 radical (unpaired) electrons. The van der Waals surface area contributed by atoms with Crippen LogP contribution in [0.2, 0.25) is 0 Å². The van der Waals surface area contributed by atoms with Gasteiger partial charge in [0, 0.05) is 4.88 Å². The van der Waals surface area contributed by atoms with Crippen molar-refractivity contribution in [3.8, 4) is 11.5 Å². The summed E-state index contributed by atoms with van der Waals surface area (Å²) in [7, 11) is 1.57. The van der Waals surface area contributed by atoms with Gasteiger partial charge in [0.2, 0.25) is 0 Å². The largest absolute Gasteiger partial charge is 0.502 e. The number of thiophene rings is 1. The van der Waals surface area contributed by atoms with Crippen molar-refractivity contribution in [1.82, 2.24) is 4.90 Å². The van der Waals surface area contributed by atoms with Crippen molar-refractivity contribution in [3.63, 3.8) is 0 Å². The van der Waals surface area contributed by atoms with Gasteiger partial charge in [-0.25, -0.2) is 0 Å². The van der Waals surface area contributed by atoms with Gasteiger partial charge in [0.05, 0.1) is 13.7 Å². The third-order valence-corrected chi connectivity index (χ3v) is 4.44. The van der Waals surface area contributed by atoms with E-state index < -0.39 is 17.6 Å². The van der Waals surface area contributed by atoms with Crippen molar-refractivity contribution in [1.29, 1.82) is 0 Å². The minimum absolute atomic E-state index is 0.0550. The monoisotopic (exact) mass is 345 g/mol. The average Bonchev–Trinajstić information content (AvgIpc) is 3.18. The second-order valence-electron chi connectivity index (χ2n) is 4.99. The molecule has 124 valence electrons. The summed E-state index contributed by atoms with van der Waals surface area (Å²) in [6.45, 7) is 0.192. The quantitative estimate of drug-likeness (QED) is 0.814. The zero-order valence-electron chi connectivity index (χ0n) is 12.9. The van der Waals surface area contributed by atoms with Crippen LogP contribution in [0, 0.1) is 0 Å². The summed E-state index contributed by atoms with van der Waals surface area (Å²) in [6.07, 6.45) is 0. The molecule has 1 aromatic heterocycles. The molecule has 0 aliphatic carbocycles. The van der Waals surface area contributed by atoms with E-state index in [0.717, 1.165) is 4.90 Å². The Morgan fingerprint density at radius 3 is 2.42 bits per heavy atom. The lowest BCUT2D eigenvalue weighted by molar-refractivity contribution is -0.138. The third-order valence-electron chi connectivity index (χ3n) is 3.55. The minimum Gasteiger partial charge on any atom is -0.502 e. The van der Waals surface area contributed by atoms with Crippen molar-refractivity contribution in [2.75, 3.05) is 20.3 Å². The molecule has 0 unspecified atom stereocenters. The van der Waals surface area contributed by atoms with Crippen molar-refractivity contribution in [2.45, 2.75) is 0 Å². The smallest absolute Gasteiger partial charge is 0.296 e. The first kappa shape index (κ1) is 16.1. The number of ether oxygens (including phenoxy) is 2. The molecule has 6 nitrogen and oxygen atoms in total. The number of aliphatic hydroxyl groups excluding tert-OH is 1. The van der Waals surface area contributed by atoms with Crippen molar-refractivity contribution < 1.29 is 24.2 Å². The fraction of sp³-hybridized carbons (Fsp3) is 0.176. The first-order valence-electron chi connectivity index (χ1n) is 7.22. The molecule has 3 rings (SSSR count). The van der Waals surface area contributed by atoms with Crippen LogP contribution in [0.25, 0.3) is 5.57 Å². The van der Waals surface area contributed by atoms with Gasteiger partial charge in [-0.3, -0.25) is 14.5 Å². The Kier molecular flexibility index (Phi) is 4.52. The van der Waals surface area contributed by atoms with Gasteiger partial charge in [0.1, 0.15) is 23.7 Å². The van der Waals surface area contributed by atoms with Gasteiger partial charge < -0.3 is 14.6 Å². The highest BCUT2D eigenvalue weighted by Crippen LogP contribution is 2.30. The Morgan fingerprint density at radius 2 is 1.79 bits per heavy atom. The van der Waals surface area contributed by atoms with Gasteiger partial charge in [-0.05, 0) is 35.7 Å². The molecule has 24 heavy (non-hydrogen) atoms. The molecule has 2 aromatic rings. The molecule has 1 N–H and O–H groups in total. The van der Waals surface area contributed by atoms with E-state index >= 15 is 0 Å². The van der Waals surface area contributed by atoms with Crippen LogP contribution >= 0.6 is 11.3 Å². The number of hydrogen-bond acceptors (Lipinski definition) is 6. The fourth-order valence-electron chi connectivity index (χ4n) is 2.34. The molecular weight excluding hydrogens is 330 g/mol. The molecule has 7 heteroatoms. The number of carbonyl (C=O) groups is 2. The molecule has 1 aliphatic rings. The van der Waals surface area contributed by atoms with Crippen molar-refractivity contribution >= 4 is 28.7 Å². The molecule has 0 spiro atoms. The normalized spacial score (nSPS) is 14.5. The second kappa shape index (κ2) is 6.76. The SMILES string of the molecule is COc1ccc(OCCN2C(=O)C(O)=C(c3cccs3)C2=O)cc1. The maximum atomic E-state index is 12.4. The number of amides is 2. The number of imide groups is 1. The van der Waals surface area contributed by atoms with E-state index in [1.165, 1.54) is 11.3 Å². The van der Waals surface area contributed by atoms with E-state index in [1.807, 2.05) is 0 Å². The fourth-order valence-corrected chi connectivity index (χ4v) is 3.10. The summed E-state index contributed by atoms with van der Waals surface area (Å²) in [5.74, 6) is -0.389. The van der Waals surface area contributed by atoms with E-state index in [1.54, 1.807) is 48.9 Å². The summed E-state index contributed by atoms with van der Waals surface area (Å²) in [5, 5.41) is 11.7. The van der Waals surface area contributed by atoms with Crippen LogP contribution in [-0.4, -0.2) is 42.1 Å². The van der Waals surface area contributed by atoms with Crippen LogP contribution in [0.3, 0.4) is 0 Å². The molecule has 0 bridgehead atoms. The van der Waals surface area contributed by atoms with E-state index in [2.05, 4.69) is 0 Å². The Bertz CT molecular complexity index is 780. The van der Waals surface area contributed by atoms with Gasteiger partial charge in [-0.15, -0.1) is 11.3 Å². The van der Waals surface area contributed by atoms with Gasteiger partial charge in [0.25, 0.3) is 11.8 Å². The lowest BCUT2D eigenvalue weighted by atomic mass is 10.2. The number of aliphatic hydroxyl groups is 1. The minimum atomic E-state index is -0.693. The molecule has 0 saturated heterocycles. The van der Waals surface area contributed by atoms with E-state index in [4.69, 9.17) is 9.47 Å². The predicted molar refractivity (Wildman–Crippen MR) is 89.1 cm³/mol. The van der Waals surface area contributed by atoms with E-state index in [9.17, 15) is 14.7 Å². The highest BCUT2D eigenvalue weighted by atomic mass is 32.1. The topological polar surface area (TPSA) is 76.1 Å². The Morgan fingerprint density at radius 1 is 1.08 bits per heavy atom. The summed E-state index contributed by atoms with van der Waals surface area (Å²) >= 11 is 1.30. The lowest BCUT2D eigenvalue weighted by Crippen LogP contribution is -2.35. The number of methoxy groups -OCH3 is 1. The van der Waals surface area contributed by atoms with Crippen LogP contribution in [0.4, 0.5) is 0 Å². The lowest BCUT2D eigenvalue weighted by Gasteiger charge is -2.15. The highest BCUT2D eigenvalue weighted by molar-refractivity contribution is 7.11. The molecule has 1 aliphatic heterocycles. The second-order valence-corrected chi connectivity index (χ2v) is 5.93. The number of carbonyl (C=O) groups excluding carboxylic acids is 2. The number of benzene rings is 1. The summed E-state index contributed by atoms with van der Waals surface area (Å²) in [6, 6.07) is 10.4. The number of rotatable bonds is 6. The van der Waals surface area contributed by atoms with Gasteiger partial charge in [-0.1, -0.05) is 6.07 Å². The van der Waals surface area contributed by atoms with Crippen molar-refractivity contribution in [2.24, 2.45) is 0 Å². The molecule has 0 fully saturated rings. The first-order chi connectivity index (χ1) is 11.6. The van der Waals surface area contributed by atoms with E-state index in [0.29, 0.717) is 16.4 Å². The standard InChI is InChI=1S/C17H15NO5S/c1-22-11-4-6-12(7-5-11)23-9-8-18-16(20)14(15(19)17(18)21)13-3-2-10-24-13/h2-7,10,19H,8-9H2,1H3. The average molecular weight is 345 g/mol. The predicted octanol–water partition coefficient (Wildman–Crippen LogP) is 2.47. The Balaban J connectivity index is 1.62. The van der Waals surface area contributed by atoms with Crippen LogP contribution in [0.15, 0.2) is 47.5 Å². The van der Waals surface area contributed by atoms with Gasteiger partial charge in [0.15, 0.2) is 5.76 Å². The third kappa shape index (κ3) is 2.98. The molecule has 2 amide bonds. The van der Waals surface area contributed by atoms with Crippen molar-refractivity contribution in [3.05, 3.63) is 52.4 Å². The molecule has 1 aromatic carbocycles. The zero-order chi connectivity index (χ0) is 17.1. The summed E-state index contributed by atoms with van der Waals surface area (Å²) in [4.78, 5) is 26.0. The van der Waals surface area contributed by atoms with Gasteiger partial charge in [-0.2, -0.15) is 0 Å². The Hall–Kier alpha value is -2.80. The van der Waals surface area contributed by atoms with Crippen LogP contribution in [0.1, 0.15) is 4.88 Å².